The highest BCUT2D eigenvalue weighted by molar-refractivity contribution is 7.92. The Balaban J connectivity index is 2.08. The van der Waals surface area contributed by atoms with Gasteiger partial charge in [0.05, 0.1) is 23.8 Å². The predicted octanol–water partition coefficient (Wildman–Crippen LogP) is 3.37. The summed E-state index contributed by atoms with van der Waals surface area (Å²) in [6, 6.07) is 11.2. The SMILES string of the molecule is COc1ccc(S(=O)(=O)N(C)c2ccc(C(=O)NCCCOC(C)C)cc2C)cc1. The molecule has 0 saturated heterocycles. The van der Waals surface area contributed by atoms with E-state index in [4.69, 9.17) is 9.47 Å². The average Bonchev–Trinajstić information content (AvgIpc) is 2.72. The van der Waals surface area contributed by atoms with Crippen LogP contribution in [0.1, 0.15) is 36.2 Å². The Morgan fingerprint density at radius 2 is 1.80 bits per heavy atom. The summed E-state index contributed by atoms with van der Waals surface area (Å²) < 4.78 is 37.6. The number of hydrogen-bond acceptors (Lipinski definition) is 5. The van der Waals surface area contributed by atoms with Crippen molar-refractivity contribution >= 4 is 21.6 Å². The lowest BCUT2D eigenvalue weighted by atomic mass is 10.1. The fraction of sp³-hybridized carbons (Fsp3) is 0.409. The maximum atomic E-state index is 12.9. The molecule has 2 aromatic carbocycles. The van der Waals surface area contributed by atoms with E-state index in [1.54, 1.807) is 37.3 Å². The Morgan fingerprint density at radius 1 is 1.13 bits per heavy atom. The third-order valence-electron chi connectivity index (χ3n) is 4.57. The van der Waals surface area contributed by atoms with Gasteiger partial charge in [0.15, 0.2) is 0 Å². The molecule has 0 saturated carbocycles. The van der Waals surface area contributed by atoms with Gasteiger partial charge in [-0.3, -0.25) is 9.10 Å². The summed E-state index contributed by atoms with van der Waals surface area (Å²) in [6.07, 6.45) is 0.895. The Morgan fingerprint density at radius 3 is 2.37 bits per heavy atom. The minimum absolute atomic E-state index is 0.163. The van der Waals surface area contributed by atoms with E-state index in [2.05, 4.69) is 5.32 Å². The number of methoxy groups -OCH3 is 1. The number of hydrogen-bond donors (Lipinski definition) is 1. The minimum Gasteiger partial charge on any atom is -0.497 e. The van der Waals surface area contributed by atoms with Crippen molar-refractivity contribution in [3.05, 3.63) is 53.6 Å². The van der Waals surface area contributed by atoms with Crippen molar-refractivity contribution in [1.82, 2.24) is 5.32 Å². The number of ether oxygens (including phenoxy) is 2. The first-order valence-electron chi connectivity index (χ1n) is 9.80. The summed E-state index contributed by atoms with van der Waals surface area (Å²) in [7, 11) is -0.717. The Kier molecular flexibility index (Phi) is 8.25. The zero-order chi connectivity index (χ0) is 22.3. The number of anilines is 1. The fourth-order valence-corrected chi connectivity index (χ4v) is 4.14. The second-order valence-electron chi connectivity index (χ2n) is 7.18. The van der Waals surface area contributed by atoms with Gasteiger partial charge in [-0.2, -0.15) is 0 Å². The molecule has 0 radical (unpaired) electrons. The number of nitrogens with one attached hydrogen (secondary N) is 1. The van der Waals surface area contributed by atoms with E-state index in [-0.39, 0.29) is 16.9 Å². The van der Waals surface area contributed by atoms with Gasteiger partial charge in [-0.25, -0.2) is 8.42 Å². The van der Waals surface area contributed by atoms with Crippen LogP contribution in [0.2, 0.25) is 0 Å². The van der Waals surface area contributed by atoms with Gasteiger partial charge in [-0.15, -0.1) is 0 Å². The molecule has 0 aliphatic rings. The van der Waals surface area contributed by atoms with Crippen LogP contribution in [0.4, 0.5) is 5.69 Å². The number of nitrogens with zero attached hydrogens (tertiary/aromatic N) is 1. The minimum atomic E-state index is -3.74. The van der Waals surface area contributed by atoms with Crippen molar-refractivity contribution in [3.63, 3.8) is 0 Å². The molecule has 7 nitrogen and oxygen atoms in total. The molecule has 0 spiro atoms. The van der Waals surface area contributed by atoms with E-state index >= 15 is 0 Å². The zero-order valence-corrected chi connectivity index (χ0v) is 19.0. The Bertz CT molecular complexity index is 956. The van der Waals surface area contributed by atoms with E-state index in [1.807, 2.05) is 13.8 Å². The van der Waals surface area contributed by atoms with Crippen LogP contribution in [0.25, 0.3) is 0 Å². The third-order valence-corrected chi connectivity index (χ3v) is 6.36. The summed E-state index contributed by atoms with van der Waals surface area (Å²) in [5.41, 5.74) is 1.68. The van der Waals surface area contributed by atoms with Crippen molar-refractivity contribution in [1.29, 1.82) is 0 Å². The number of carbonyl (C=O) groups excluding carboxylic acids is 1. The molecule has 0 aromatic heterocycles. The van der Waals surface area contributed by atoms with Crippen LogP contribution in [0, 0.1) is 6.92 Å². The largest absolute Gasteiger partial charge is 0.497 e. The van der Waals surface area contributed by atoms with Crippen LogP contribution in [-0.2, 0) is 14.8 Å². The van der Waals surface area contributed by atoms with E-state index in [0.717, 1.165) is 6.42 Å². The molecule has 0 aliphatic carbocycles. The molecular formula is C22H30N2O5S. The summed E-state index contributed by atoms with van der Waals surface area (Å²) in [5, 5.41) is 2.85. The quantitative estimate of drug-likeness (QED) is 0.580. The van der Waals surface area contributed by atoms with Crippen molar-refractivity contribution in [2.45, 2.75) is 38.2 Å². The first kappa shape index (κ1) is 23.7. The average molecular weight is 435 g/mol. The number of carbonyl (C=O) groups is 1. The molecule has 0 heterocycles. The molecule has 0 bridgehead atoms. The van der Waals surface area contributed by atoms with Crippen molar-refractivity contribution < 1.29 is 22.7 Å². The molecule has 8 heteroatoms. The van der Waals surface area contributed by atoms with Crippen LogP contribution in [0.3, 0.4) is 0 Å². The number of sulfonamides is 1. The molecule has 2 aromatic rings. The zero-order valence-electron chi connectivity index (χ0n) is 18.1. The molecule has 0 aliphatic heterocycles. The van der Waals surface area contributed by atoms with E-state index in [0.29, 0.717) is 35.7 Å². The molecule has 0 fully saturated rings. The normalized spacial score (nSPS) is 11.4. The van der Waals surface area contributed by atoms with Gasteiger partial charge in [0, 0.05) is 25.8 Å². The molecule has 0 atom stereocenters. The molecular weight excluding hydrogens is 404 g/mol. The molecule has 2 rings (SSSR count). The number of rotatable bonds is 10. The highest BCUT2D eigenvalue weighted by Gasteiger charge is 2.23. The van der Waals surface area contributed by atoms with Crippen LogP contribution in [-0.4, -0.2) is 47.7 Å². The van der Waals surface area contributed by atoms with Gasteiger partial charge in [0.2, 0.25) is 0 Å². The first-order chi connectivity index (χ1) is 14.2. The first-order valence-corrected chi connectivity index (χ1v) is 11.2. The van der Waals surface area contributed by atoms with E-state index < -0.39 is 10.0 Å². The molecule has 1 amide bonds. The summed E-state index contributed by atoms with van der Waals surface area (Å²) >= 11 is 0. The number of amides is 1. The van der Waals surface area contributed by atoms with Gasteiger partial charge in [-0.05, 0) is 75.2 Å². The smallest absolute Gasteiger partial charge is 0.264 e. The van der Waals surface area contributed by atoms with Crippen LogP contribution >= 0.6 is 0 Å². The topological polar surface area (TPSA) is 84.9 Å². The van der Waals surface area contributed by atoms with E-state index in [9.17, 15) is 13.2 Å². The van der Waals surface area contributed by atoms with Crippen molar-refractivity contribution in [2.75, 3.05) is 31.6 Å². The highest BCUT2D eigenvalue weighted by Crippen LogP contribution is 2.27. The summed E-state index contributed by atoms with van der Waals surface area (Å²) in [5.74, 6) is 0.383. The second-order valence-corrected chi connectivity index (χ2v) is 9.15. The monoisotopic (exact) mass is 434 g/mol. The maximum absolute atomic E-state index is 12.9. The van der Waals surface area contributed by atoms with Gasteiger partial charge in [-0.1, -0.05) is 0 Å². The Hall–Kier alpha value is -2.58. The van der Waals surface area contributed by atoms with Crippen LogP contribution in [0.5, 0.6) is 5.75 Å². The van der Waals surface area contributed by atoms with Crippen molar-refractivity contribution in [2.24, 2.45) is 0 Å². The lowest BCUT2D eigenvalue weighted by Gasteiger charge is -2.22. The molecule has 164 valence electrons. The maximum Gasteiger partial charge on any atom is 0.264 e. The lowest BCUT2D eigenvalue weighted by Crippen LogP contribution is -2.28. The van der Waals surface area contributed by atoms with Crippen molar-refractivity contribution in [3.8, 4) is 5.75 Å². The van der Waals surface area contributed by atoms with E-state index in [1.165, 1.54) is 30.6 Å². The van der Waals surface area contributed by atoms with Gasteiger partial charge < -0.3 is 14.8 Å². The number of aryl methyl sites for hydroxylation is 1. The summed E-state index contributed by atoms with van der Waals surface area (Å²) in [4.78, 5) is 12.5. The van der Waals surface area contributed by atoms with Crippen LogP contribution < -0.4 is 14.4 Å². The number of benzene rings is 2. The van der Waals surface area contributed by atoms with Gasteiger partial charge in [0.25, 0.3) is 15.9 Å². The third kappa shape index (κ3) is 5.96. The fourth-order valence-electron chi connectivity index (χ4n) is 2.88. The molecule has 1 N–H and O–H groups in total. The molecule has 30 heavy (non-hydrogen) atoms. The molecule has 0 unspecified atom stereocenters. The highest BCUT2D eigenvalue weighted by atomic mass is 32.2. The van der Waals surface area contributed by atoms with Gasteiger partial charge >= 0.3 is 0 Å². The second kappa shape index (κ2) is 10.4. The standard InChI is InChI=1S/C22H30N2O5S/c1-16(2)29-14-6-13-23-22(25)18-7-12-21(17(3)15-18)24(4)30(26,27)20-10-8-19(28-5)9-11-20/h7-12,15-16H,6,13-14H2,1-5H3,(H,23,25). The Labute approximate surface area is 179 Å². The van der Waals surface area contributed by atoms with Gasteiger partial charge in [0.1, 0.15) is 5.75 Å². The lowest BCUT2D eigenvalue weighted by molar-refractivity contribution is 0.0757. The van der Waals surface area contributed by atoms with Crippen LogP contribution in [0.15, 0.2) is 47.4 Å². The summed E-state index contributed by atoms with van der Waals surface area (Å²) in [6.45, 7) is 6.81. The predicted molar refractivity (Wildman–Crippen MR) is 118 cm³/mol.